The molecule has 2 N–H and O–H groups in total. The molecule has 1 atom stereocenters. The summed E-state index contributed by atoms with van der Waals surface area (Å²) in [6.45, 7) is 8.78. The summed E-state index contributed by atoms with van der Waals surface area (Å²) >= 11 is 6.11. The van der Waals surface area contributed by atoms with Crippen LogP contribution in [0.1, 0.15) is 42.6 Å². The van der Waals surface area contributed by atoms with Gasteiger partial charge in [0, 0.05) is 24.8 Å². The van der Waals surface area contributed by atoms with Crippen LogP contribution in [0.15, 0.2) is 48.5 Å². The summed E-state index contributed by atoms with van der Waals surface area (Å²) in [5, 5.41) is 6.99. The molecule has 1 aliphatic rings. The minimum atomic E-state index is -0.188. The number of carbonyl (C=O) groups is 1. The number of nitrogens with one attached hydrogen (secondary N) is 2. The fourth-order valence-corrected chi connectivity index (χ4v) is 3.98. The highest BCUT2D eigenvalue weighted by Gasteiger charge is 2.21. The average Bonchev–Trinajstić information content (AvgIpc) is 2.69. The number of carbonyl (C=O) groups excluding carboxylic acids is 1. The number of hydrogen-bond acceptors (Lipinski definition) is 3. The Bertz CT molecular complexity index is 793. The van der Waals surface area contributed by atoms with Gasteiger partial charge in [0.2, 0.25) is 0 Å². The highest BCUT2D eigenvalue weighted by Crippen LogP contribution is 2.19. The first-order valence-electron chi connectivity index (χ1n) is 10.1. The van der Waals surface area contributed by atoms with E-state index in [4.69, 9.17) is 11.6 Å². The molecule has 0 aromatic heterocycles. The van der Waals surface area contributed by atoms with E-state index in [1.807, 2.05) is 30.3 Å². The zero-order valence-electron chi connectivity index (χ0n) is 16.7. The van der Waals surface area contributed by atoms with Crippen molar-refractivity contribution in [1.29, 1.82) is 0 Å². The summed E-state index contributed by atoms with van der Waals surface area (Å²) in [5.41, 5.74) is 2.43. The lowest BCUT2D eigenvalue weighted by Crippen LogP contribution is -2.42. The second kappa shape index (κ2) is 10.1. The lowest BCUT2D eigenvalue weighted by Gasteiger charge is -2.35. The van der Waals surface area contributed by atoms with Gasteiger partial charge in [-0.25, -0.2) is 0 Å². The number of nitrogens with zero attached hydrogens (tertiary/aromatic N) is 1. The SMILES string of the molecule is CC(C)N1CCCC(CNCc2cccc(NC(=O)c3ccccc3Cl)c2)C1. The van der Waals surface area contributed by atoms with Crippen LogP contribution in [0.4, 0.5) is 5.69 Å². The molecule has 2 aromatic rings. The van der Waals surface area contributed by atoms with Crippen LogP contribution in [-0.2, 0) is 6.54 Å². The van der Waals surface area contributed by atoms with E-state index in [1.165, 1.54) is 25.9 Å². The van der Waals surface area contributed by atoms with E-state index < -0.39 is 0 Å². The second-order valence-corrected chi connectivity index (χ2v) is 8.27. The van der Waals surface area contributed by atoms with Crippen LogP contribution in [0.3, 0.4) is 0 Å². The largest absolute Gasteiger partial charge is 0.322 e. The van der Waals surface area contributed by atoms with Crippen LogP contribution in [0, 0.1) is 5.92 Å². The number of amides is 1. The van der Waals surface area contributed by atoms with E-state index in [9.17, 15) is 4.79 Å². The lowest BCUT2D eigenvalue weighted by atomic mass is 9.97. The molecule has 1 saturated heterocycles. The van der Waals surface area contributed by atoms with Crippen LogP contribution >= 0.6 is 11.6 Å². The van der Waals surface area contributed by atoms with E-state index in [1.54, 1.807) is 12.1 Å². The number of likely N-dealkylation sites (tertiary alicyclic amines) is 1. The van der Waals surface area contributed by atoms with Crippen LogP contribution in [-0.4, -0.2) is 36.5 Å². The maximum absolute atomic E-state index is 12.4. The van der Waals surface area contributed by atoms with Crippen molar-refractivity contribution in [3.8, 4) is 0 Å². The van der Waals surface area contributed by atoms with Crippen LogP contribution in [0.2, 0.25) is 5.02 Å². The first-order chi connectivity index (χ1) is 13.5. The van der Waals surface area contributed by atoms with Gasteiger partial charge in [-0.05, 0) is 75.5 Å². The van der Waals surface area contributed by atoms with Gasteiger partial charge in [-0.3, -0.25) is 4.79 Å². The summed E-state index contributed by atoms with van der Waals surface area (Å²) in [7, 11) is 0. The highest BCUT2D eigenvalue weighted by molar-refractivity contribution is 6.34. The molecule has 0 bridgehead atoms. The third kappa shape index (κ3) is 5.81. The third-order valence-electron chi connectivity index (χ3n) is 5.35. The van der Waals surface area contributed by atoms with Crippen molar-refractivity contribution in [2.24, 2.45) is 5.92 Å². The number of benzene rings is 2. The van der Waals surface area contributed by atoms with Crippen molar-refractivity contribution < 1.29 is 4.79 Å². The van der Waals surface area contributed by atoms with Crippen LogP contribution < -0.4 is 10.6 Å². The molecule has 3 rings (SSSR count). The number of piperidine rings is 1. The Morgan fingerprint density at radius 3 is 2.82 bits per heavy atom. The summed E-state index contributed by atoms with van der Waals surface area (Å²) in [6, 6.07) is 15.7. The first-order valence-corrected chi connectivity index (χ1v) is 10.5. The Labute approximate surface area is 173 Å². The Kier molecular flexibility index (Phi) is 7.49. The molecule has 28 heavy (non-hydrogen) atoms. The van der Waals surface area contributed by atoms with Crippen molar-refractivity contribution in [3.05, 3.63) is 64.7 Å². The monoisotopic (exact) mass is 399 g/mol. The molecule has 1 aliphatic heterocycles. The second-order valence-electron chi connectivity index (χ2n) is 7.86. The van der Waals surface area contributed by atoms with Gasteiger partial charge < -0.3 is 15.5 Å². The molecular formula is C23H30ClN3O. The fourth-order valence-electron chi connectivity index (χ4n) is 3.76. The van der Waals surface area contributed by atoms with Crippen molar-refractivity contribution in [3.63, 3.8) is 0 Å². The first kappa shape index (κ1) is 20.8. The molecule has 0 radical (unpaired) electrons. The number of hydrogen-bond donors (Lipinski definition) is 2. The quantitative estimate of drug-likeness (QED) is 0.702. The molecule has 150 valence electrons. The van der Waals surface area contributed by atoms with Gasteiger partial charge >= 0.3 is 0 Å². The molecular weight excluding hydrogens is 370 g/mol. The van der Waals surface area contributed by atoms with Crippen molar-refractivity contribution in [1.82, 2.24) is 10.2 Å². The topological polar surface area (TPSA) is 44.4 Å². The number of halogens is 1. The van der Waals surface area contributed by atoms with Gasteiger partial charge in [-0.2, -0.15) is 0 Å². The average molecular weight is 400 g/mol. The van der Waals surface area contributed by atoms with E-state index in [2.05, 4.69) is 35.4 Å². The third-order valence-corrected chi connectivity index (χ3v) is 5.68. The zero-order chi connectivity index (χ0) is 19.9. The predicted molar refractivity (Wildman–Crippen MR) is 117 cm³/mol. The van der Waals surface area contributed by atoms with E-state index in [0.717, 1.165) is 24.3 Å². The molecule has 1 heterocycles. The summed E-state index contributed by atoms with van der Waals surface area (Å²) in [6.07, 6.45) is 2.58. The maximum atomic E-state index is 12.4. The van der Waals surface area contributed by atoms with Gasteiger partial charge in [-0.15, -0.1) is 0 Å². The fraction of sp³-hybridized carbons (Fsp3) is 0.435. The minimum Gasteiger partial charge on any atom is -0.322 e. The van der Waals surface area contributed by atoms with Crippen LogP contribution in [0.25, 0.3) is 0 Å². The summed E-state index contributed by atoms with van der Waals surface area (Å²) < 4.78 is 0. The van der Waals surface area contributed by atoms with Gasteiger partial charge in [-0.1, -0.05) is 35.9 Å². The van der Waals surface area contributed by atoms with Crippen molar-refractivity contribution in [2.45, 2.75) is 39.3 Å². The normalized spacial score (nSPS) is 17.6. The lowest BCUT2D eigenvalue weighted by molar-refractivity contribution is 0.102. The molecule has 1 fully saturated rings. The predicted octanol–water partition coefficient (Wildman–Crippen LogP) is 4.80. The molecule has 4 nitrogen and oxygen atoms in total. The molecule has 2 aromatic carbocycles. The maximum Gasteiger partial charge on any atom is 0.257 e. The number of anilines is 1. The van der Waals surface area contributed by atoms with Gasteiger partial charge in [0.15, 0.2) is 0 Å². The van der Waals surface area contributed by atoms with E-state index in [0.29, 0.717) is 22.5 Å². The summed E-state index contributed by atoms with van der Waals surface area (Å²) in [4.78, 5) is 15.0. The zero-order valence-corrected chi connectivity index (χ0v) is 17.5. The van der Waals surface area contributed by atoms with E-state index >= 15 is 0 Å². The Morgan fingerprint density at radius 1 is 1.21 bits per heavy atom. The standard InChI is InChI=1S/C23H30ClN3O/c1-17(2)27-12-6-8-19(16-27)15-25-14-18-7-5-9-20(13-18)26-23(28)21-10-3-4-11-22(21)24/h3-5,7,9-11,13,17,19,25H,6,8,12,14-16H2,1-2H3,(H,26,28). The molecule has 0 saturated carbocycles. The van der Waals surface area contributed by atoms with Gasteiger partial charge in [0.05, 0.1) is 10.6 Å². The summed E-state index contributed by atoms with van der Waals surface area (Å²) in [5.74, 6) is 0.519. The highest BCUT2D eigenvalue weighted by atomic mass is 35.5. The minimum absolute atomic E-state index is 0.188. The molecule has 1 unspecified atom stereocenters. The van der Waals surface area contributed by atoms with Gasteiger partial charge in [0.1, 0.15) is 0 Å². The Hall–Kier alpha value is -1.88. The Balaban J connectivity index is 1.51. The Morgan fingerprint density at radius 2 is 2.04 bits per heavy atom. The molecule has 0 aliphatic carbocycles. The van der Waals surface area contributed by atoms with Crippen molar-refractivity contribution >= 4 is 23.2 Å². The molecule has 5 heteroatoms. The van der Waals surface area contributed by atoms with Gasteiger partial charge in [0.25, 0.3) is 5.91 Å². The van der Waals surface area contributed by atoms with E-state index in [-0.39, 0.29) is 5.91 Å². The number of rotatable bonds is 7. The van der Waals surface area contributed by atoms with Crippen molar-refractivity contribution in [2.75, 3.05) is 25.0 Å². The molecule has 0 spiro atoms. The smallest absolute Gasteiger partial charge is 0.257 e. The van der Waals surface area contributed by atoms with Crippen LogP contribution in [0.5, 0.6) is 0 Å². The molecule has 1 amide bonds.